The first kappa shape index (κ1) is 10.9. The average molecular weight is 246 g/mol. The maximum absolute atomic E-state index is 11.9. The molecule has 15 heavy (non-hydrogen) atoms. The predicted octanol–water partition coefficient (Wildman–Crippen LogP) is 1.73. The lowest BCUT2D eigenvalue weighted by atomic mass is 10.2. The molecule has 0 atom stereocenters. The van der Waals surface area contributed by atoms with Gasteiger partial charge < -0.3 is 5.73 Å². The van der Waals surface area contributed by atoms with Crippen molar-refractivity contribution in [2.75, 3.05) is 0 Å². The molecule has 1 saturated carbocycles. The van der Waals surface area contributed by atoms with Crippen LogP contribution >= 0.6 is 11.6 Å². The molecule has 0 saturated heterocycles. The van der Waals surface area contributed by atoms with Crippen LogP contribution < -0.4 is 5.73 Å². The Hall–Kier alpha value is -0.580. The molecule has 3 nitrogen and oxygen atoms in total. The normalized spacial score (nSPS) is 16.7. The van der Waals surface area contributed by atoms with Gasteiger partial charge in [-0.05, 0) is 30.5 Å². The predicted molar refractivity (Wildman–Crippen MR) is 59.6 cm³/mol. The Morgan fingerprint density at radius 1 is 1.40 bits per heavy atom. The second kappa shape index (κ2) is 3.77. The molecule has 5 heteroatoms. The van der Waals surface area contributed by atoms with Crippen molar-refractivity contribution < 1.29 is 8.42 Å². The molecule has 82 valence electrons. The number of nitrogens with two attached hydrogens (primary N) is 1. The maximum Gasteiger partial charge on any atom is 0.182 e. The van der Waals surface area contributed by atoms with Gasteiger partial charge >= 0.3 is 0 Å². The maximum atomic E-state index is 11.9. The molecule has 0 heterocycles. The van der Waals surface area contributed by atoms with Crippen molar-refractivity contribution in [1.29, 1.82) is 0 Å². The van der Waals surface area contributed by atoms with E-state index in [4.69, 9.17) is 17.3 Å². The lowest BCUT2D eigenvalue weighted by Crippen LogP contribution is -2.08. The van der Waals surface area contributed by atoms with E-state index in [1.165, 1.54) is 0 Å². The molecule has 0 spiro atoms. The summed E-state index contributed by atoms with van der Waals surface area (Å²) in [5, 5.41) is 0.0589. The van der Waals surface area contributed by atoms with Gasteiger partial charge in [0.2, 0.25) is 0 Å². The van der Waals surface area contributed by atoms with Crippen LogP contribution in [0.5, 0.6) is 0 Å². The van der Waals surface area contributed by atoms with Gasteiger partial charge in [-0.3, -0.25) is 0 Å². The zero-order valence-electron chi connectivity index (χ0n) is 8.11. The van der Waals surface area contributed by atoms with E-state index in [1.807, 2.05) is 0 Å². The lowest BCUT2D eigenvalue weighted by molar-refractivity contribution is 0.595. The molecular formula is C10H12ClNO2S. The van der Waals surface area contributed by atoms with Gasteiger partial charge in [0.25, 0.3) is 0 Å². The van der Waals surface area contributed by atoms with Crippen LogP contribution in [0.2, 0.25) is 5.02 Å². The van der Waals surface area contributed by atoms with Gasteiger partial charge in [0.15, 0.2) is 9.84 Å². The molecule has 0 radical (unpaired) electrons. The molecule has 2 N–H and O–H groups in total. The van der Waals surface area contributed by atoms with E-state index in [0.717, 1.165) is 18.4 Å². The Morgan fingerprint density at radius 3 is 2.53 bits per heavy atom. The van der Waals surface area contributed by atoms with Gasteiger partial charge in [-0.15, -0.1) is 0 Å². The monoisotopic (exact) mass is 245 g/mol. The summed E-state index contributed by atoms with van der Waals surface area (Å²) >= 11 is 5.93. The summed E-state index contributed by atoms with van der Waals surface area (Å²) < 4.78 is 23.8. The van der Waals surface area contributed by atoms with E-state index < -0.39 is 9.84 Å². The first-order chi connectivity index (χ1) is 7.05. The van der Waals surface area contributed by atoms with E-state index >= 15 is 0 Å². The zero-order valence-corrected chi connectivity index (χ0v) is 9.68. The summed E-state index contributed by atoms with van der Waals surface area (Å²) in [6, 6.07) is 4.89. The number of rotatable bonds is 3. The molecule has 0 amide bonds. The fourth-order valence-electron chi connectivity index (χ4n) is 1.46. The topological polar surface area (TPSA) is 60.2 Å². The first-order valence-electron chi connectivity index (χ1n) is 4.78. The van der Waals surface area contributed by atoms with Gasteiger partial charge in [0, 0.05) is 6.54 Å². The fourth-order valence-corrected chi connectivity index (χ4v) is 3.69. The minimum atomic E-state index is -3.19. The molecule has 0 unspecified atom stereocenters. The number of halogens is 1. The summed E-state index contributed by atoms with van der Waals surface area (Å²) in [7, 11) is -3.19. The van der Waals surface area contributed by atoms with E-state index in [-0.39, 0.29) is 15.2 Å². The van der Waals surface area contributed by atoms with E-state index in [2.05, 4.69) is 0 Å². The number of sulfone groups is 1. The van der Waals surface area contributed by atoms with Crippen LogP contribution in [0.3, 0.4) is 0 Å². The molecule has 1 aliphatic carbocycles. The smallest absolute Gasteiger partial charge is 0.182 e. The molecule has 1 aliphatic rings. The molecule has 0 bridgehead atoms. The highest BCUT2D eigenvalue weighted by molar-refractivity contribution is 7.92. The van der Waals surface area contributed by atoms with Crippen molar-refractivity contribution in [2.24, 2.45) is 5.73 Å². The first-order valence-corrected chi connectivity index (χ1v) is 6.70. The number of hydrogen-bond acceptors (Lipinski definition) is 3. The molecule has 2 rings (SSSR count). The Bertz CT molecular complexity index is 480. The highest BCUT2D eigenvalue weighted by atomic mass is 35.5. The third-order valence-corrected chi connectivity index (χ3v) is 5.24. The Balaban J connectivity index is 2.45. The highest BCUT2D eigenvalue weighted by Gasteiger charge is 2.37. The van der Waals surface area contributed by atoms with Crippen LogP contribution in [0.25, 0.3) is 0 Å². The second-order valence-corrected chi connectivity index (χ2v) is 6.32. The second-order valence-electron chi connectivity index (χ2n) is 3.71. The third kappa shape index (κ3) is 2.02. The Labute approximate surface area is 94.2 Å². The minimum Gasteiger partial charge on any atom is -0.326 e. The van der Waals surface area contributed by atoms with Crippen LogP contribution in [0.15, 0.2) is 23.1 Å². The number of benzene rings is 1. The molecule has 1 aromatic rings. The number of hydrogen-bond donors (Lipinski definition) is 1. The van der Waals surface area contributed by atoms with Crippen LogP contribution in [0, 0.1) is 0 Å². The molecule has 1 aromatic carbocycles. The van der Waals surface area contributed by atoms with Crippen molar-refractivity contribution in [3.8, 4) is 0 Å². The van der Waals surface area contributed by atoms with Crippen LogP contribution in [-0.2, 0) is 16.4 Å². The molecular weight excluding hydrogens is 234 g/mol. The molecule has 1 fully saturated rings. The summed E-state index contributed by atoms with van der Waals surface area (Å²) in [6.45, 7) is 0.365. The SMILES string of the molecule is NCc1ccc(S(=O)(=O)C2CC2)c(Cl)c1. The van der Waals surface area contributed by atoms with Crippen molar-refractivity contribution >= 4 is 21.4 Å². The fraction of sp³-hybridized carbons (Fsp3) is 0.400. The lowest BCUT2D eigenvalue weighted by Gasteiger charge is -2.06. The minimum absolute atomic E-state index is 0.223. The average Bonchev–Trinajstić information content (AvgIpc) is 3.00. The Morgan fingerprint density at radius 2 is 2.07 bits per heavy atom. The summed E-state index contributed by atoms with van der Waals surface area (Å²) in [6.07, 6.45) is 1.49. The molecule has 0 aliphatic heterocycles. The van der Waals surface area contributed by atoms with Gasteiger partial charge in [0.05, 0.1) is 15.2 Å². The van der Waals surface area contributed by atoms with Gasteiger partial charge in [0.1, 0.15) is 0 Å². The van der Waals surface area contributed by atoms with Gasteiger partial charge in [-0.25, -0.2) is 8.42 Å². The van der Waals surface area contributed by atoms with Crippen molar-refractivity contribution in [1.82, 2.24) is 0 Å². The quantitative estimate of drug-likeness (QED) is 0.882. The van der Waals surface area contributed by atoms with E-state index in [1.54, 1.807) is 18.2 Å². The van der Waals surface area contributed by atoms with Crippen LogP contribution in [0.4, 0.5) is 0 Å². The van der Waals surface area contributed by atoms with E-state index in [9.17, 15) is 8.42 Å². The van der Waals surface area contributed by atoms with Crippen molar-refractivity contribution in [3.63, 3.8) is 0 Å². The zero-order chi connectivity index (χ0) is 11.1. The largest absolute Gasteiger partial charge is 0.326 e. The van der Waals surface area contributed by atoms with Gasteiger partial charge in [-0.1, -0.05) is 17.7 Å². The van der Waals surface area contributed by atoms with Crippen LogP contribution in [0.1, 0.15) is 18.4 Å². The van der Waals surface area contributed by atoms with Crippen LogP contribution in [-0.4, -0.2) is 13.7 Å². The van der Waals surface area contributed by atoms with Crippen molar-refractivity contribution in [2.45, 2.75) is 29.5 Å². The highest BCUT2D eigenvalue weighted by Crippen LogP contribution is 2.36. The summed E-state index contributed by atoms with van der Waals surface area (Å²) in [5.41, 5.74) is 6.28. The standard InChI is InChI=1S/C10H12ClNO2S/c11-9-5-7(6-12)1-4-10(9)15(13,14)8-2-3-8/h1,4-5,8H,2-3,6,12H2. The Kier molecular flexibility index (Phi) is 2.75. The third-order valence-electron chi connectivity index (χ3n) is 2.50. The van der Waals surface area contributed by atoms with Gasteiger partial charge in [-0.2, -0.15) is 0 Å². The summed E-state index contributed by atoms with van der Waals surface area (Å²) in [4.78, 5) is 0.240. The van der Waals surface area contributed by atoms with Crippen molar-refractivity contribution in [3.05, 3.63) is 28.8 Å². The van der Waals surface area contributed by atoms with E-state index in [0.29, 0.717) is 6.54 Å². The molecule has 0 aromatic heterocycles. The summed E-state index contributed by atoms with van der Waals surface area (Å²) in [5.74, 6) is 0.